The fourth-order valence-electron chi connectivity index (χ4n) is 2.51. The van der Waals surface area contributed by atoms with Gasteiger partial charge >= 0.3 is 0 Å². The van der Waals surface area contributed by atoms with Gasteiger partial charge in [0, 0.05) is 39.3 Å². The van der Waals surface area contributed by atoms with E-state index in [9.17, 15) is 9.59 Å². The number of rotatable bonds is 9. The number of hydrogen-bond acceptors (Lipinski definition) is 6. The summed E-state index contributed by atoms with van der Waals surface area (Å²) < 4.78 is 0. The molecule has 8 nitrogen and oxygen atoms in total. The topological polar surface area (TPSA) is 85.4 Å². The molecule has 2 amide bonds. The van der Waals surface area contributed by atoms with Gasteiger partial charge in [-0.3, -0.25) is 19.3 Å². The van der Waals surface area contributed by atoms with Crippen molar-refractivity contribution in [1.29, 1.82) is 0 Å². The molecule has 0 atom stereocenters. The third-order valence-corrected chi connectivity index (χ3v) is 3.90. The number of hydrogen-bond donors (Lipinski definition) is 2. The first-order valence-electron chi connectivity index (χ1n) is 8.99. The molecule has 0 spiro atoms. The summed E-state index contributed by atoms with van der Waals surface area (Å²) in [4.78, 5) is 35.4. The Morgan fingerprint density at radius 2 is 1.85 bits per heavy atom. The number of nitrogens with one attached hydrogen (secondary N) is 1. The number of aliphatic hydroxyl groups excluding tert-OH is 1. The molecule has 0 unspecified atom stereocenters. The highest BCUT2D eigenvalue weighted by Crippen LogP contribution is 2.05. The second-order valence-corrected chi connectivity index (χ2v) is 7.39. The molecule has 26 heavy (non-hydrogen) atoms. The summed E-state index contributed by atoms with van der Waals surface area (Å²) in [6, 6.07) is 0. The van der Waals surface area contributed by atoms with E-state index in [2.05, 4.69) is 21.2 Å². The van der Waals surface area contributed by atoms with E-state index in [0.29, 0.717) is 0 Å². The van der Waals surface area contributed by atoms with Crippen LogP contribution in [0.15, 0.2) is 0 Å². The maximum Gasteiger partial charge on any atom is 0.263 e. The van der Waals surface area contributed by atoms with Gasteiger partial charge in [-0.1, -0.05) is 5.92 Å². The van der Waals surface area contributed by atoms with Crippen LogP contribution in [0.5, 0.6) is 0 Å². The molecule has 2 N–H and O–H groups in total. The van der Waals surface area contributed by atoms with Crippen LogP contribution >= 0.6 is 0 Å². The minimum Gasteiger partial charge on any atom is -0.396 e. The maximum atomic E-state index is 12.5. The van der Waals surface area contributed by atoms with E-state index in [-0.39, 0.29) is 32.1 Å². The third kappa shape index (κ3) is 9.15. The smallest absolute Gasteiger partial charge is 0.263 e. The molecule has 8 heteroatoms. The van der Waals surface area contributed by atoms with E-state index < -0.39 is 11.5 Å². The van der Waals surface area contributed by atoms with Crippen molar-refractivity contribution in [1.82, 2.24) is 20.2 Å². The van der Waals surface area contributed by atoms with Gasteiger partial charge in [0.2, 0.25) is 5.91 Å². The molecule has 1 aliphatic heterocycles. The van der Waals surface area contributed by atoms with Crippen LogP contribution in [0, 0.1) is 12.3 Å². The molecule has 0 radical (unpaired) electrons. The number of terminal acetylenes is 1. The van der Waals surface area contributed by atoms with Crippen LogP contribution in [0.2, 0.25) is 0 Å². The summed E-state index contributed by atoms with van der Waals surface area (Å²) in [7, 11) is 0. The molecule has 1 fully saturated rings. The van der Waals surface area contributed by atoms with Gasteiger partial charge in [-0.2, -0.15) is 0 Å². The Bertz CT molecular complexity index is 490. The zero-order chi connectivity index (χ0) is 19.6. The highest BCUT2D eigenvalue weighted by molar-refractivity contribution is 5.85. The van der Waals surface area contributed by atoms with Crippen molar-refractivity contribution >= 4 is 11.8 Å². The molecule has 1 aliphatic rings. The Morgan fingerprint density at radius 3 is 2.38 bits per heavy atom. The predicted molar refractivity (Wildman–Crippen MR) is 99.0 cm³/mol. The van der Waals surface area contributed by atoms with E-state index in [1.165, 1.54) is 4.90 Å². The summed E-state index contributed by atoms with van der Waals surface area (Å²) >= 11 is 0. The molecule has 0 aromatic carbocycles. The van der Waals surface area contributed by atoms with Crippen molar-refractivity contribution in [2.45, 2.75) is 32.8 Å². The Labute approximate surface area is 156 Å². The van der Waals surface area contributed by atoms with Gasteiger partial charge in [0.1, 0.15) is 6.54 Å². The van der Waals surface area contributed by atoms with Crippen LogP contribution in [-0.2, 0) is 14.4 Å². The average molecular weight is 368 g/mol. The van der Waals surface area contributed by atoms with Crippen LogP contribution in [0.3, 0.4) is 0 Å². The van der Waals surface area contributed by atoms with E-state index in [0.717, 1.165) is 39.1 Å². The predicted octanol–water partition coefficient (Wildman–Crippen LogP) is -0.705. The molecular weight excluding hydrogens is 336 g/mol. The number of nitrogens with zero attached hydrogens (tertiary/aromatic N) is 3. The standard InChI is InChI=1S/C18H32N4O4/c1-5-7-22(14-16(24)19-26-18(2,3)4)17(25)15-21-11-9-20(10-12-21)8-6-13-23/h1,23H,6-15H2,2-4H3,(H,19,24). The minimum atomic E-state index is -0.508. The fraction of sp³-hybridized carbons (Fsp3) is 0.778. The molecule has 0 saturated carbocycles. The van der Waals surface area contributed by atoms with E-state index in [1.807, 2.05) is 20.8 Å². The second kappa shape index (κ2) is 11.1. The third-order valence-electron chi connectivity index (χ3n) is 3.90. The summed E-state index contributed by atoms with van der Waals surface area (Å²) in [5.74, 6) is 1.85. The zero-order valence-electron chi connectivity index (χ0n) is 16.2. The summed E-state index contributed by atoms with van der Waals surface area (Å²) in [6.45, 7) is 9.99. The van der Waals surface area contributed by atoms with Gasteiger partial charge in [0.25, 0.3) is 5.91 Å². The molecule has 1 heterocycles. The van der Waals surface area contributed by atoms with Crippen LogP contribution in [0.25, 0.3) is 0 Å². The van der Waals surface area contributed by atoms with Crippen molar-refractivity contribution in [3.63, 3.8) is 0 Å². The Kier molecular flexibility index (Phi) is 9.59. The minimum absolute atomic E-state index is 0.0816. The number of hydroxylamine groups is 1. The summed E-state index contributed by atoms with van der Waals surface area (Å²) in [5, 5.41) is 8.89. The normalized spacial score (nSPS) is 16.1. The lowest BCUT2D eigenvalue weighted by Gasteiger charge is -2.35. The molecule has 1 saturated heterocycles. The molecular formula is C18H32N4O4. The summed E-state index contributed by atoms with van der Waals surface area (Å²) in [6.07, 6.45) is 6.10. The largest absolute Gasteiger partial charge is 0.396 e. The molecule has 1 rings (SSSR count). The number of carbonyl (C=O) groups is 2. The van der Waals surface area contributed by atoms with Crippen molar-refractivity contribution in [3.05, 3.63) is 0 Å². The van der Waals surface area contributed by atoms with Crippen LogP contribution < -0.4 is 5.48 Å². The van der Waals surface area contributed by atoms with E-state index in [4.69, 9.17) is 16.4 Å². The van der Waals surface area contributed by atoms with Crippen molar-refractivity contribution in [3.8, 4) is 12.3 Å². The van der Waals surface area contributed by atoms with Gasteiger partial charge in [0.05, 0.1) is 18.7 Å². The van der Waals surface area contributed by atoms with Gasteiger partial charge < -0.3 is 14.9 Å². The quantitative estimate of drug-likeness (QED) is 0.413. The number of aliphatic hydroxyl groups is 1. The monoisotopic (exact) mass is 368 g/mol. The SMILES string of the molecule is C#CCN(CC(=O)NOC(C)(C)C)C(=O)CN1CCN(CCCO)CC1. The Balaban J connectivity index is 2.43. The highest BCUT2D eigenvalue weighted by Gasteiger charge is 2.23. The van der Waals surface area contributed by atoms with Gasteiger partial charge in [-0.05, 0) is 27.2 Å². The lowest BCUT2D eigenvalue weighted by atomic mass is 10.2. The molecule has 0 aliphatic carbocycles. The summed E-state index contributed by atoms with van der Waals surface area (Å²) in [5.41, 5.74) is 1.85. The first-order valence-corrected chi connectivity index (χ1v) is 8.99. The van der Waals surface area contributed by atoms with E-state index in [1.54, 1.807) is 0 Å². The van der Waals surface area contributed by atoms with Crippen molar-refractivity contribution < 1.29 is 19.5 Å². The Morgan fingerprint density at radius 1 is 1.23 bits per heavy atom. The van der Waals surface area contributed by atoms with Crippen LogP contribution in [0.4, 0.5) is 0 Å². The van der Waals surface area contributed by atoms with E-state index >= 15 is 0 Å². The second-order valence-electron chi connectivity index (χ2n) is 7.39. The number of amides is 2. The number of piperazine rings is 1. The first-order chi connectivity index (χ1) is 12.2. The van der Waals surface area contributed by atoms with Gasteiger partial charge in [0.15, 0.2) is 0 Å². The molecule has 148 valence electrons. The highest BCUT2D eigenvalue weighted by atomic mass is 16.7. The fourth-order valence-corrected chi connectivity index (χ4v) is 2.51. The molecule has 0 aromatic rings. The zero-order valence-corrected chi connectivity index (χ0v) is 16.2. The van der Waals surface area contributed by atoms with Gasteiger partial charge in [-0.15, -0.1) is 6.42 Å². The van der Waals surface area contributed by atoms with Crippen LogP contribution in [-0.4, -0.2) is 96.2 Å². The number of carbonyl (C=O) groups excluding carboxylic acids is 2. The lowest BCUT2D eigenvalue weighted by Crippen LogP contribution is -2.51. The van der Waals surface area contributed by atoms with Crippen molar-refractivity contribution in [2.75, 3.05) is 59.0 Å². The molecule has 0 aromatic heterocycles. The average Bonchev–Trinajstić information content (AvgIpc) is 2.58. The molecule has 0 bridgehead atoms. The maximum absolute atomic E-state index is 12.5. The van der Waals surface area contributed by atoms with Crippen LogP contribution in [0.1, 0.15) is 27.2 Å². The van der Waals surface area contributed by atoms with Crippen molar-refractivity contribution in [2.24, 2.45) is 0 Å². The first kappa shape index (κ1) is 22.4. The lowest BCUT2D eigenvalue weighted by molar-refractivity contribution is -0.150. The van der Waals surface area contributed by atoms with Gasteiger partial charge in [-0.25, -0.2) is 5.48 Å². The Hall–Kier alpha value is -1.66.